The maximum atomic E-state index is 12.1. The van der Waals surface area contributed by atoms with Crippen molar-refractivity contribution in [3.8, 4) is 5.69 Å². The molecular formula is C15H19N3O3S. The summed E-state index contributed by atoms with van der Waals surface area (Å²) in [4.78, 5) is 16.1. The van der Waals surface area contributed by atoms with Gasteiger partial charge in [-0.2, -0.15) is 0 Å². The summed E-state index contributed by atoms with van der Waals surface area (Å²) < 4.78 is 25.7. The minimum absolute atomic E-state index is 0.0106. The molecule has 1 unspecified atom stereocenters. The topological polar surface area (TPSA) is 81.1 Å². The number of nitrogens with one attached hydrogen (secondary N) is 1. The molecule has 2 aromatic rings. The SMILES string of the molecule is CCCS(=O)(=O)C(C)C(=O)Nc1cccc(-n2ccnc2)c1. The lowest BCUT2D eigenvalue weighted by Gasteiger charge is -2.13. The second kappa shape index (κ2) is 6.74. The van der Waals surface area contributed by atoms with Crippen molar-refractivity contribution in [2.75, 3.05) is 11.1 Å². The highest BCUT2D eigenvalue weighted by Gasteiger charge is 2.27. The molecule has 0 saturated heterocycles. The molecule has 1 aromatic heterocycles. The van der Waals surface area contributed by atoms with Crippen LogP contribution in [0.1, 0.15) is 20.3 Å². The van der Waals surface area contributed by atoms with Gasteiger partial charge in [-0.05, 0) is 31.5 Å². The average Bonchev–Trinajstić information content (AvgIpc) is 3.01. The van der Waals surface area contributed by atoms with Gasteiger partial charge >= 0.3 is 0 Å². The maximum absolute atomic E-state index is 12.1. The molecule has 0 spiro atoms. The van der Waals surface area contributed by atoms with Crippen LogP contribution in [0.4, 0.5) is 5.69 Å². The summed E-state index contributed by atoms with van der Waals surface area (Å²) in [6.07, 6.45) is 5.59. The summed E-state index contributed by atoms with van der Waals surface area (Å²) in [7, 11) is -3.41. The van der Waals surface area contributed by atoms with Gasteiger partial charge in [-0.25, -0.2) is 13.4 Å². The van der Waals surface area contributed by atoms with Gasteiger partial charge in [0.05, 0.1) is 12.1 Å². The summed E-state index contributed by atoms with van der Waals surface area (Å²) in [6.45, 7) is 3.19. The number of sulfone groups is 1. The van der Waals surface area contributed by atoms with Gasteiger partial charge < -0.3 is 9.88 Å². The zero-order chi connectivity index (χ0) is 16.2. The first-order chi connectivity index (χ1) is 10.4. The Morgan fingerprint density at radius 3 is 2.82 bits per heavy atom. The highest BCUT2D eigenvalue weighted by atomic mass is 32.2. The van der Waals surface area contributed by atoms with E-state index in [2.05, 4.69) is 10.3 Å². The Hall–Kier alpha value is -2.15. The Morgan fingerprint density at radius 2 is 2.18 bits per heavy atom. The Balaban J connectivity index is 2.14. The van der Waals surface area contributed by atoms with Crippen molar-refractivity contribution in [1.82, 2.24) is 9.55 Å². The Morgan fingerprint density at radius 1 is 1.41 bits per heavy atom. The van der Waals surface area contributed by atoms with Gasteiger partial charge in [-0.1, -0.05) is 13.0 Å². The van der Waals surface area contributed by atoms with Crippen molar-refractivity contribution in [2.45, 2.75) is 25.5 Å². The number of carbonyl (C=O) groups excluding carboxylic acids is 1. The van der Waals surface area contributed by atoms with Crippen LogP contribution >= 0.6 is 0 Å². The highest BCUT2D eigenvalue weighted by molar-refractivity contribution is 7.92. The van der Waals surface area contributed by atoms with Gasteiger partial charge in [0.1, 0.15) is 5.25 Å². The van der Waals surface area contributed by atoms with Gasteiger partial charge in [-0.3, -0.25) is 4.79 Å². The minimum Gasteiger partial charge on any atom is -0.325 e. The molecule has 0 radical (unpaired) electrons. The summed E-state index contributed by atoms with van der Waals surface area (Å²) >= 11 is 0. The lowest BCUT2D eigenvalue weighted by atomic mass is 10.2. The van der Waals surface area contributed by atoms with Crippen molar-refractivity contribution in [2.24, 2.45) is 0 Å². The van der Waals surface area contributed by atoms with Crippen molar-refractivity contribution in [3.05, 3.63) is 43.0 Å². The standard InChI is InChI=1S/C15H19N3O3S/c1-3-9-22(20,21)12(2)15(19)17-13-5-4-6-14(10-13)18-8-7-16-11-18/h4-8,10-12H,3,9H2,1-2H3,(H,17,19). The number of rotatable bonds is 6. The molecule has 0 bridgehead atoms. The van der Waals surface area contributed by atoms with Crippen molar-refractivity contribution in [3.63, 3.8) is 0 Å². The summed E-state index contributed by atoms with van der Waals surface area (Å²) in [5.74, 6) is -0.507. The first-order valence-electron chi connectivity index (χ1n) is 7.05. The van der Waals surface area contributed by atoms with Gasteiger partial charge in [0.2, 0.25) is 5.91 Å². The van der Waals surface area contributed by atoms with E-state index in [1.165, 1.54) is 6.92 Å². The van der Waals surface area contributed by atoms with Gasteiger partial charge in [-0.15, -0.1) is 0 Å². The lowest BCUT2D eigenvalue weighted by molar-refractivity contribution is -0.115. The zero-order valence-corrected chi connectivity index (χ0v) is 13.4. The van der Waals surface area contributed by atoms with E-state index in [0.29, 0.717) is 12.1 Å². The molecule has 1 aromatic carbocycles. The van der Waals surface area contributed by atoms with Gasteiger partial charge in [0.25, 0.3) is 0 Å². The number of nitrogens with zero attached hydrogens (tertiary/aromatic N) is 2. The normalized spacial score (nSPS) is 12.8. The molecule has 1 amide bonds. The summed E-state index contributed by atoms with van der Waals surface area (Å²) in [6, 6.07) is 7.14. The lowest BCUT2D eigenvalue weighted by Crippen LogP contribution is -2.34. The molecule has 118 valence electrons. The molecule has 22 heavy (non-hydrogen) atoms. The second-order valence-electron chi connectivity index (χ2n) is 5.02. The first-order valence-corrected chi connectivity index (χ1v) is 8.76. The largest absolute Gasteiger partial charge is 0.325 e. The number of hydrogen-bond acceptors (Lipinski definition) is 4. The van der Waals surface area contributed by atoms with Crippen LogP contribution in [-0.2, 0) is 14.6 Å². The van der Waals surface area contributed by atoms with E-state index >= 15 is 0 Å². The van der Waals surface area contributed by atoms with E-state index in [9.17, 15) is 13.2 Å². The third kappa shape index (κ3) is 3.73. The Bertz CT molecular complexity index is 739. The fraction of sp³-hybridized carbons (Fsp3) is 0.333. The van der Waals surface area contributed by atoms with E-state index in [-0.39, 0.29) is 5.75 Å². The first kappa shape index (κ1) is 16.2. The number of imidazole rings is 1. The number of aromatic nitrogens is 2. The third-order valence-electron chi connectivity index (χ3n) is 3.31. The molecule has 0 fully saturated rings. The van der Waals surface area contributed by atoms with Crippen LogP contribution in [0, 0.1) is 0 Å². The Labute approximate surface area is 130 Å². The van der Waals surface area contributed by atoms with Crippen LogP contribution in [0.5, 0.6) is 0 Å². The third-order valence-corrected chi connectivity index (χ3v) is 5.58. The van der Waals surface area contributed by atoms with Crippen molar-refractivity contribution >= 4 is 21.4 Å². The Kier molecular flexibility index (Phi) is 4.97. The molecule has 0 saturated carbocycles. The molecule has 0 aliphatic heterocycles. The van der Waals surface area contributed by atoms with Crippen LogP contribution in [-0.4, -0.2) is 34.9 Å². The number of anilines is 1. The van der Waals surface area contributed by atoms with Gasteiger partial charge in [0, 0.05) is 23.8 Å². The second-order valence-corrected chi connectivity index (χ2v) is 7.46. The van der Waals surface area contributed by atoms with Crippen molar-refractivity contribution in [1.29, 1.82) is 0 Å². The smallest absolute Gasteiger partial charge is 0.242 e. The molecule has 6 nitrogen and oxygen atoms in total. The average molecular weight is 321 g/mol. The number of hydrogen-bond donors (Lipinski definition) is 1. The van der Waals surface area contributed by atoms with Crippen molar-refractivity contribution < 1.29 is 13.2 Å². The predicted octanol–water partition coefficient (Wildman–Crippen LogP) is 2.02. The van der Waals surface area contributed by atoms with E-state index in [0.717, 1.165) is 5.69 Å². The van der Waals surface area contributed by atoms with Crippen LogP contribution in [0.15, 0.2) is 43.0 Å². The van der Waals surface area contributed by atoms with Gasteiger partial charge in [0.15, 0.2) is 9.84 Å². The molecule has 1 heterocycles. The predicted molar refractivity (Wildman–Crippen MR) is 85.7 cm³/mol. The summed E-state index contributed by atoms with van der Waals surface area (Å²) in [5.41, 5.74) is 1.38. The zero-order valence-electron chi connectivity index (χ0n) is 12.6. The van der Waals surface area contributed by atoms with Crippen LogP contribution in [0.2, 0.25) is 0 Å². The van der Waals surface area contributed by atoms with E-state index in [4.69, 9.17) is 0 Å². The van der Waals surface area contributed by atoms with E-state index in [1.807, 2.05) is 6.07 Å². The number of carbonyl (C=O) groups is 1. The molecule has 1 atom stereocenters. The summed E-state index contributed by atoms with van der Waals surface area (Å²) in [5, 5.41) is 1.59. The molecule has 0 aliphatic carbocycles. The fourth-order valence-corrected chi connectivity index (χ4v) is 3.33. The van der Waals surface area contributed by atoms with Crippen LogP contribution < -0.4 is 5.32 Å². The number of amides is 1. The van der Waals surface area contributed by atoms with E-state index in [1.54, 1.807) is 48.4 Å². The van der Waals surface area contributed by atoms with E-state index < -0.39 is 21.0 Å². The monoisotopic (exact) mass is 321 g/mol. The fourth-order valence-electron chi connectivity index (χ4n) is 2.02. The molecule has 1 N–H and O–H groups in total. The molecule has 0 aliphatic rings. The molecule has 2 rings (SSSR count). The number of benzene rings is 1. The minimum atomic E-state index is -3.41. The maximum Gasteiger partial charge on any atom is 0.242 e. The van der Waals surface area contributed by atoms with Crippen LogP contribution in [0.25, 0.3) is 5.69 Å². The van der Waals surface area contributed by atoms with Crippen LogP contribution in [0.3, 0.4) is 0 Å². The quantitative estimate of drug-likeness (QED) is 0.882. The highest BCUT2D eigenvalue weighted by Crippen LogP contribution is 2.16. The molecule has 7 heteroatoms. The molecular weight excluding hydrogens is 302 g/mol.